The van der Waals surface area contributed by atoms with Crippen molar-refractivity contribution >= 4 is 34.1 Å². The number of amides is 1. The third-order valence-electron chi connectivity index (χ3n) is 4.73. The van der Waals surface area contributed by atoms with Crippen molar-refractivity contribution in [2.75, 3.05) is 4.90 Å². The Morgan fingerprint density at radius 1 is 1.28 bits per heavy atom. The Morgan fingerprint density at radius 2 is 2.00 bits per heavy atom. The van der Waals surface area contributed by atoms with E-state index in [4.69, 9.17) is 0 Å². The molecule has 0 unspecified atom stereocenters. The highest BCUT2D eigenvalue weighted by atomic mass is 32.1. The molecule has 0 fully saturated rings. The molecule has 1 amide bonds. The van der Waals surface area contributed by atoms with E-state index in [0.29, 0.717) is 10.8 Å². The van der Waals surface area contributed by atoms with Gasteiger partial charge in [0.2, 0.25) is 0 Å². The van der Waals surface area contributed by atoms with E-state index in [9.17, 15) is 10.1 Å². The molecule has 0 aliphatic carbocycles. The van der Waals surface area contributed by atoms with Gasteiger partial charge in [0.1, 0.15) is 11.6 Å². The zero-order valence-corrected chi connectivity index (χ0v) is 18.0. The maximum absolute atomic E-state index is 13.4. The molecule has 0 radical (unpaired) electrons. The average molecular weight is 405 g/mol. The molecule has 0 saturated heterocycles. The van der Waals surface area contributed by atoms with Gasteiger partial charge in [-0.3, -0.25) is 9.69 Å². The fourth-order valence-electron chi connectivity index (χ4n) is 3.30. The first-order valence-electron chi connectivity index (χ1n) is 9.56. The highest BCUT2D eigenvalue weighted by Gasteiger charge is 2.24. The van der Waals surface area contributed by atoms with E-state index in [2.05, 4.69) is 22.5 Å². The molecule has 3 rings (SSSR count). The molecule has 0 bridgehead atoms. The van der Waals surface area contributed by atoms with Crippen LogP contribution in [0, 0.1) is 32.1 Å². The number of benzene rings is 1. The van der Waals surface area contributed by atoms with Crippen molar-refractivity contribution in [3.63, 3.8) is 0 Å². The molecule has 2 aromatic heterocycles. The average Bonchev–Trinajstić information content (AvgIpc) is 3.25. The second-order valence-electron chi connectivity index (χ2n) is 6.90. The van der Waals surface area contributed by atoms with Gasteiger partial charge in [-0.25, -0.2) is 4.98 Å². The van der Waals surface area contributed by atoms with Crippen LogP contribution in [0.2, 0.25) is 0 Å². The Labute approximate surface area is 175 Å². The maximum atomic E-state index is 13.4. The number of hydrogen-bond donors (Lipinski definition) is 0. The molecule has 1 aromatic carbocycles. The molecule has 0 aliphatic rings. The molecule has 0 saturated carbocycles. The van der Waals surface area contributed by atoms with Gasteiger partial charge in [-0.15, -0.1) is 11.3 Å². The summed E-state index contributed by atoms with van der Waals surface area (Å²) in [6.07, 6.45) is 2.71. The zero-order valence-electron chi connectivity index (χ0n) is 17.1. The molecular weight excluding hydrogens is 380 g/mol. The maximum Gasteiger partial charge on any atom is 0.275 e. The van der Waals surface area contributed by atoms with E-state index < -0.39 is 0 Å². The number of carbonyl (C=O) groups excluding carboxylic acids is 1. The summed E-state index contributed by atoms with van der Waals surface area (Å²) in [6, 6.07) is 13.4. The molecule has 148 valence electrons. The number of aryl methyl sites for hydroxylation is 2. The number of nitrogens with zero attached hydrogens (tertiary/aromatic N) is 4. The van der Waals surface area contributed by atoms with Crippen LogP contribution >= 0.6 is 11.3 Å². The van der Waals surface area contributed by atoms with Crippen molar-refractivity contribution in [3.8, 4) is 6.07 Å². The number of hydrogen-bond acceptors (Lipinski definition) is 4. The molecule has 3 aromatic rings. The standard InChI is InChI=1S/C23H24N4OS/c1-5-11-26-17(3)12-19(18(26)4)13-20(14-24)22(28)27(21-9-7-6-8-10-21)23-25-16(2)15-29-23/h6-10,12-13,15H,5,11H2,1-4H3/b20-13+. The summed E-state index contributed by atoms with van der Waals surface area (Å²) >= 11 is 1.38. The van der Waals surface area contributed by atoms with E-state index in [1.165, 1.54) is 16.2 Å². The lowest BCUT2D eigenvalue weighted by Gasteiger charge is -2.19. The van der Waals surface area contributed by atoms with Crippen molar-refractivity contribution in [1.82, 2.24) is 9.55 Å². The van der Waals surface area contributed by atoms with Gasteiger partial charge in [0.05, 0.1) is 11.4 Å². The van der Waals surface area contributed by atoms with E-state index in [0.717, 1.165) is 35.6 Å². The van der Waals surface area contributed by atoms with Gasteiger partial charge in [-0.05, 0) is 57.0 Å². The Kier molecular flexibility index (Phi) is 6.30. The lowest BCUT2D eigenvalue weighted by atomic mass is 10.1. The van der Waals surface area contributed by atoms with Crippen LogP contribution in [0.3, 0.4) is 0 Å². The first kappa shape index (κ1) is 20.6. The molecule has 2 heterocycles. The molecule has 0 N–H and O–H groups in total. The fourth-order valence-corrected chi connectivity index (χ4v) is 4.11. The quantitative estimate of drug-likeness (QED) is 0.400. The van der Waals surface area contributed by atoms with Crippen molar-refractivity contribution < 1.29 is 4.79 Å². The third-order valence-corrected chi connectivity index (χ3v) is 5.67. The molecule has 29 heavy (non-hydrogen) atoms. The summed E-state index contributed by atoms with van der Waals surface area (Å²) in [6.45, 7) is 9.00. The number of carbonyl (C=O) groups is 1. The van der Waals surface area contributed by atoms with E-state index in [-0.39, 0.29) is 11.5 Å². The van der Waals surface area contributed by atoms with Crippen LogP contribution < -0.4 is 4.90 Å². The molecule has 5 nitrogen and oxygen atoms in total. The zero-order chi connectivity index (χ0) is 21.0. The molecule has 6 heteroatoms. The summed E-state index contributed by atoms with van der Waals surface area (Å²) < 4.78 is 2.21. The van der Waals surface area contributed by atoms with Crippen LogP contribution in [-0.2, 0) is 11.3 Å². The van der Waals surface area contributed by atoms with Crippen LogP contribution in [0.1, 0.15) is 36.0 Å². The lowest BCUT2D eigenvalue weighted by molar-refractivity contribution is -0.114. The summed E-state index contributed by atoms with van der Waals surface area (Å²) in [4.78, 5) is 19.4. The number of rotatable bonds is 6. The summed E-state index contributed by atoms with van der Waals surface area (Å²) in [5.41, 5.74) is 4.67. The summed E-state index contributed by atoms with van der Waals surface area (Å²) in [5.74, 6) is -0.381. The smallest absolute Gasteiger partial charge is 0.275 e. The molecule has 0 spiro atoms. The fraction of sp³-hybridized carbons (Fsp3) is 0.261. The number of para-hydroxylation sites is 1. The highest BCUT2D eigenvalue weighted by Crippen LogP contribution is 2.30. The second kappa shape index (κ2) is 8.89. The SMILES string of the molecule is CCCn1c(C)cc(/C=C(\C#N)C(=O)N(c2ccccc2)c2nc(C)cs2)c1C. The first-order chi connectivity index (χ1) is 14.0. The molecule has 0 aliphatic heterocycles. The van der Waals surface area contributed by atoms with Crippen LogP contribution in [-0.4, -0.2) is 15.5 Å². The topological polar surface area (TPSA) is 61.9 Å². The van der Waals surface area contributed by atoms with E-state index in [1.54, 1.807) is 6.08 Å². The van der Waals surface area contributed by atoms with Crippen molar-refractivity contribution in [2.24, 2.45) is 0 Å². The van der Waals surface area contributed by atoms with Crippen LogP contribution in [0.15, 0.2) is 47.4 Å². The van der Waals surface area contributed by atoms with Crippen LogP contribution in [0.5, 0.6) is 0 Å². The minimum Gasteiger partial charge on any atom is -0.349 e. The number of thiazole rings is 1. The number of nitriles is 1. The Hall–Kier alpha value is -3.17. The van der Waals surface area contributed by atoms with E-state index in [1.807, 2.05) is 62.5 Å². The first-order valence-corrected chi connectivity index (χ1v) is 10.4. The predicted molar refractivity (Wildman–Crippen MR) is 118 cm³/mol. The second-order valence-corrected chi connectivity index (χ2v) is 7.73. The van der Waals surface area contributed by atoms with Crippen molar-refractivity contribution in [1.29, 1.82) is 5.26 Å². The Bertz CT molecular complexity index is 1090. The number of aromatic nitrogens is 2. The minimum atomic E-state index is -0.381. The van der Waals surface area contributed by atoms with Gasteiger partial charge in [0, 0.05) is 23.3 Å². The monoisotopic (exact) mass is 404 g/mol. The van der Waals surface area contributed by atoms with Gasteiger partial charge in [0.25, 0.3) is 5.91 Å². The highest BCUT2D eigenvalue weighted by molar-refractivity contribution is 7.14. The van der Waals surface area contributed by atoms with Crippen molar-refractivity contribution in [3.05, 3.63) is 70.0 Å². The van der Waals surface area contributed by atoms with Gasteiger partial charge in [-0.2, -0.15) is 5.26 Å². The summed E-state index contributed by atoms with van der Waals surface area (Å²) in [7, 11) is 0. The normalized spacial score (nSPS) is 11.3. The predicted octanol–water partition coefficient (Wildman–Crippen LogP) is 5.55. The van der Waals surface area contributed by atoms with E-state index >= 15 is 0 Å². The Balaban J connectivity index is 2.05. The Morgan fingerprint density at radius 3 is 2.59 bits per heavy atom. The third kappa shape index (κ3) is 4.30. The van der Waals surface area contributed by atoms with Gasteiger partial charge < -0.3 is 4.57 Å². The van der Waals surface area contributed by atoms with Gasteiger partial charge in [-0.1, -0.05) is 25.1 Å². The minimum absolute atomic E-state index is 0.0819. The largest absolute Gasteiger partial charge is 0.349 e. The van der Waals surface area contributed by atoms with Crippen molar-refractivity contribution in [2.45, 2.75) is 40.7 Å². The van der Waals surface area contributed by atoms with Crippen LogP contribution in [0.4, 0.5) is 10.8 Å². The van der Waals surface area contributed by atoms with Crippen LogP contribution in [0.25, 0.3) is 6.08 Å². The summed E-state index contributed by atoms with van der Waals surface area (Å²) in [5, 5.41) is 12.2. The molecular formula is C23H24N4OS. The molecule has 0 atom stereocenters. The number of anilines is 2. The van der Waals surface area contributed by atoms with Gasteiger partial charge in [0.15, 0.2) is 5.13 Å². The van der Waals surface area contributed by atoms with Gasteiger partial charge >= 0.3 is 0 Å². The lowest BCUT2D eigenvalue weighted by Crippen LogP contribution is -2.27.